The standard InChI is InChI=1S/C23H28N2O8/c1-4-12(2)20(22(30)31)24-18(28)10-25-9-16-14(8-23(25,32)11-26)5-13-6-15(33-3)7-17(27)19(13)21(16)29/h5-7,9,12,20,26-27,32H,4,8,10-11H2,1-3H3,(H,24,28)(H,30,31)/t12-,20+,23-/m0/s1. The molecule has 3 rings (SSSR count). The summed E-state index contributed by atoms with van der Waals surface area (Å²) < 4.78 is 5.13. The molecule has 2 aliphatic rings. The van der Waals surface area contributed by atoms with Gasteiger partial charge in [-0.3, -0.25) is 9.59 Å². The Hall–Kier alpha value is -3.37. The number of carbonyl (C=O) groups is 3. The summed E-state index contributed by atoms with van der Waals surface area (Å²) >= 11 is 0. The second kappa shape index (κ2) is 9.24. The first kappa shape index (κ1) is 24.3. The fraction of sp³-hybridized carbons (Fsp3) is 0.435. The minimum atomic E-state index is -1.89. The number of fused-ring (bicyclic) bond motifs is 2. The number of ketones is 1. The molecule has 10 heteroatoms. The van der Waals surface area contributed by atoms with E-state index in [1.165, 1.54) is 19.4 Å². The first-order valence-electron chi connectivity index (χ1n) is 10.5. The third kappa shape index (κ3) is 4.57. The zero-order valence-corrected chi connectivity index (χ0v) is 18.7. The number of aliphatic carboxylic acids is 1. The number of carboxylic acids is 1. The van der Waals surface area contributed by atoms with Crippen LogP contribution in [0.5, 0.6) is 11.5 Å². The van der Waals surface area contributed by atoms with Gasteiger partial charge >= 0.3 is 5.97 Å². The zero-order chi connectivity index (χ0) is 24.5. The van der Waals surface area contributed by atoms with Gasteiger partial charge in [-0.2, -0.15) is 0 Å². The highest BCUT2D eigenvalue weighted by Gasteiger charge is 2.42. The number of phenols is 1. The van der Waals surface area contributed by atoms with Crippen molar-refractivity contribution in [1.29, 1.82) is 0 Å². The average molecular weight is 460 g/mol. The van der Waals surface area contributed by atoms with Gasteiger partial charge in [0.05, 0.1) is 25.8 Å². The van der Waals surface area contributed by atoms with Crippen molar-refractivity contribution in [3.63, 3.8) is 0 Å². The number of hydrogen-bond donors (Lipinski definition) is 5. The van der Waals surface area contributed by atoms with Crippen molar-refractivity contribution in [3.05, 3.63) is 40.6 Å². The minimum Gasteiger partial charge on any atom is -0.507 e. The van der Waals surface area contributed by atoms with E-state index in [1.54, 1.807) is 26.0 Å². The third-order valence-electron chi connectivity index (χ3n) is 6.16. The number of carbonyl (C=O) groups excluding carboxylic acids is 2. The lowest BCUT2D eigenvalue weighted by Crippen LogP contribution is -2.56. The van der Waals surface area contributed by atoms with Crippen molar-refractivity contribution in [2.75, 3.05) is 20.3 Å². The van der Waals surface area contributed by atoms with Crippen molar-refractivity contribution in [1.82, 2.24) is 10.2 Å². The first-order valence-corrected chi connectivity index (χ1v) is 10.5. The number of carboxylic acid groups (broad SMARTS) is 1. The number of aromatic hydroxyl groups is 1. The molecule has 1 heterocycles. The van der Waals surface area contributed by atoms with E-state index < -0.39 is 42.6 Å². The van der Waals surface area contributed by atoms with Crippen molar-refractivity contribution in [3.8, 4) is 11.5 Å². The van der Waals surface area contributed by atoms with E-state index in [0.29, 0.717) is 23.3 Å². The molecule has 0 unspecified atom stereocenters. The van der Waals surface area contributed by atoms with Crippen LogP contribution in [-0.4, -0.2) is 75.0 Å². The fourth-order valence-electron chi connectivity index (χ4n) is 4.01. The number of nitrogens with zero attached hydrogens (tertiary/aromatic N) is 1. The van der Waals surface area contributed by atoms with Crippen molar-refractivity contribution < 1.29 is 39.5 Å². The summed E-state index contributed by atoms with van der Waals surface area (Å²) in [5.74, 6) is -2.61. The van der Waals surface area contributed by atoms with Crippen LogP contribution >= 0.6 is 0 Å². The number of amides is 1. The Kier molecular flexibility index (Phi) is 6.80. The molecule has 10 nitrogen and oxygen atoms in total. The maximum atomic E-state index is 13.1. The highest BCUT2D eigenvalue weighted by Crippen LogP contribution is 2.42. The summed E-state index contributed by atoms with van der Waals surface area (Å²) in [7, 11) is 1.43. The van der Waals surface area contributed by atoms with Crippen molar-refractivity contribution in [2.24, 2.45) is 5.92 Å². The van der Waals surface area contributed by atoms with Crippen LogP contribution in [0.4, 0.5) is 0 Å². The van der Waals surface area contributed by atoms with Crippen LogP contribution in [0.3, 0.4) is 0 Å². The Labute approximate surface area is 190 Å². The quantitative estimate of drug-likeness (QED) is 0.380. The molecule has 5 N–H and O–H groups in total. The van der Waals surface area contributed by atoms with Gasteiger partial charge in [-0.25, -0.2) is 4.79 Å². The monoisotopic (exact) mass is 460 g/mol. The van der Waals surface area contributed by atoms with Crippen LogP contribution < -0.4 is 10.1 Å². The molecular weight excluding hydrogens is 432 g/mol. The molecule has 0 saturated carbocycles. The second-order valence-corrected chi connectivity index (χ2v) is 8.37. The molecule has 1 amide bonds. The van der Waals surface area contributed by atoms with E-state index >= 15 is 0 Å². The molecule has 0 radical (unpaired) electrons. The van der Waals surface area contributed by atoms with Gasteiger partial charge in [0.25, 0.3) is 0 Å². The Bertz CT molecular complexity index is 1050. The average Bonchev–Trinajstić information content (AvgIpc) is 2.77. The molecule has 0 spiro atoms. The number of ether oxygens (including phenoxy) is 1. The highest BCUT2D eigenvalue weighted by molar-refractivity contribution is 6.18. The topological polar surface area (TPSA) is 157 Å². The predicted octanol–water partition coefficient (Wildman–Crippen LogP) is 0.866. The molecule has 1 aliphatic carbocycles. The number of methoxy groups -OCH3 is 1. The van der Waals surface area contributed by atoms with E-state index in [1.807, 2.05) is 0 Å². The van der Waals surface area contributed by atoms with Crippen LogP contribution in [0, 0.1) is 5.92 Å². The molecule has 0 aromatic heterocycles. The molecule has 0 saturated heterocycles. The lowest BCUT2D eigenvalue weighted by Gasteiger charge is -2.43. The van der Waals surface area contributed by atoms with E-state index in [-0.39, 0.29) is 29.2 Å². The summed E-state index contributed by atoms with van der Waals surface area (Å²) in [5, 5.41) is 43.1. The van der Waals surface area contributed by atoms with Crippen molar-refractivity contribution >= 4 is 23.7 Å². The number of aliphatic hydroxyl groups is 2. The van der Waals surface area contributed by atoms with Gasteiger partial charge in [0.2, 0.25) is 5.91 Å². The number of nitrogens with one attached hydrogen (secondary N) is 1. The number of rotatable bonds is 8. The largest absolute Gasteiger partial charge is 0.507 e. The van der Waals surface area contributed by atoms with E-state index in [0.717, 1.165) is 4.90 Å². The summed E-state index contributed by atoms with van der Waals surface area (Å²) in [6, 6.07) is 1.78. The van der Waals surface area contributed by atoms with Gasteiger partial charge in [-0.05, 0) is 29.2 Å². The Balaban J connectivity index is 1.94. The summed E-state index contributed by atoms with van der Waals surface area (Å²) in [4.78, 5) is 38.4. The first-order chi connectivity index (χ1) is 15.5. The third-order valence-corrected chi connectivity index (χ3v) is 6.16. The summed E-state index contributed by atoms with van der Waals surface area (Å²) in [5.41, 5.74) is -0.830. The lowest BCUT2D eigenvalue weighted by atomic mass is 9.81. The molecule has 0 fully saturated rings. The fourth-order valence-corrected chi connectivity index (χ4v) is 4.01. The molecule has 178 valence electrons. The van der Waals surface area contributed by atoms with E-state index in [9.17, 15) is 34.8 Å². The van der Waals surface area contributed by atoms with Crippen LogP contribution in [-0.2, 0) is 9.59 Å². The number of phenolic OH excluding ortho intramolecular Hbond substituents is 1. The Morgan fingerprint density at radius 1 is 1.33 bits per heavy atom. The van der Waals surface area contributed by atoms with Crippen LogP contribution in [0.1, 0.15) is 42.6 Å². The van der Waals surface area contributed by atoms with Gasteiger partial charge in [-0.15, -0.1) is 0 Å². The minimum absolute atomic E-state index is 0.0624. The van der Waals surface area contributed by atoms with Crippen LogP contribution in [0.2, 0.25) is 0 Å². The Morgan fingerprint density at radius 2 is 2.03 bits per heavy atom. The summed E-state index contributed by atoms with van der Waals surface area (Å²) in [6.07, 6.45) is 3.24. The smallest absolute Gasteiger partial charge is 0.326 e. The maximum absolute atomic E-state index is 13.1. The molecule has 1 aliphatic heterocycles. The zero-order valence-electron chi connectivity index (χ0n) is 18.7. The van der Waals surface area contributed by atoms with Gasteiger partial charge in [0, 0.05) is 24.3 Å². The number of benzene rings is 1. The number of Topliss-reactive ketones (excluding diaryl/α,β-unsaturated/α-hetero) is 1. The van der Waals surface area contributed by atoms with Crippen molar-refractivity contribution in [2.45, 2.75) is 38.5 Å². The maximum Gasteiger partial charge on any atom is 0.326 e. The molecule has 0 bridgehead atoms. The van der Waals surface area contributed by atoms with E-state index in [4.69, 9.17) is 4.74 Å². The predicted molar refractivity (Wildman–Crippen MR) is 117 cm³/mol. The molecule has 3 atom stereocenters. The van der Waals surface area contributed by atoms with Gasteiger partial charge in [-0.1, -0.05) is 20.3 Å². The van der Waals surface area contributed by atoms with Gasteiger partial charge < -0.3 is 35.4 Å². The lowest BCUT2D eigenvalue weighted by molar-refractivity contribution is -0.147. The molecule has 33 heavy (non-hydrogen) atoms. The molecule has 1 aromatic carbocycles. The number of aliphatic hydroxyl groups excluding tert-OH is 1. The highest BCUT2D eigenvalue weighted by atomic mass is 16.5. The molecular formula is C23H28N2O8. The van der Waals surface area contributed by atoms with Crippen LogP contribution in [0.15, 0.2) is 29.5 Å². The van der Waals surface area contributed by atoms with Gasteiger partial charge in [0.1, 0.15) is 17.5 Å². The normalized spacial score (nSPS) is 21.2. The van der Waals surface area contributed by atoms with E-state index in [2.05, 4.69) is 5.32 Å². The number of allylic oxidation sites excluding steroid dienone is 1. The van der Waals surface area contributed by atoms with Gasteiger partial charge in [0.15, 0.2) is 11.5 Å². The van der Waals surface area contributed by atoms with Crippen LogP contribution in [0.25, 0.3) is 6.08 Å². The SMILES string of the molecule is CC[C@H](C)[C@@H](NC(=O)CN1C=C2C(=O)c3c(O)cc(OC)cc3C=C2C[C@]1(O)CO)C(=O)O. The number of hydrogen-bond acceptors (Lipinski definition) is 8. The molecule has 1 aromatic rings. The Morgan fingerprint density at radius 3 is 2.61 bits per heavy atom. The second-order valence-electron chi connectivity index (χ2n) is 8.37. The summed E-state index contributed by atoms with van der Waals surface area (Å²) in [6.45, 7) is 2.28.